The van der Waals surface area contributed by atoms with Gasteiger partial charge in [-0.05, 0) is 72.9 Å². The van der Waals surface area contributed by atoms with Crippen LogP contribution in [-0.2, 0) is 33.7 Å². The fraction of sp³-hybridized carbons (Fsp3) is 0.462. The van der Waals surface area contributed by atoms with Crippen molar-refractivity contribution >= 4 is 37.5 Å². The molecular formula is C26H30BrF3N6O4S. The molecule has 15 heteroatoms. The van der Waals surface area contributed by atoms with Gasteiger partial charge in [0.25, 0.3) is 0 Å². The number of rotatable bonds is 8. The van der Waals surface area contributed by atoms with Gasteiger partial charge < -0.3 is 10.5 Å². The Kier molecular flexibility index (Phi) is 8.81. The van der Waals surface area contributed by atoms with E-state index < -0.39 is 44.5 Å². The van der Waals surface area contributed by atoms with Crippen LogP contribution in [0.3, 0.4) is 0 Å². The number of fused-ring (bicyclic) bond motifs is 1. The summed E-state index contributed by atoms with van der Waals surface area (Å²) in [6, 6.07) is 10.3. The molecule has 2 aromatic carbocycles. The predicted molar refractivity (Wildman–Crippen MR) is 149 cm³/mol. The molecule has 1 aromatic heterocycles. The number of ether oxygens (including phenoxy) is 1. The van der Waals surface area contributed by atoms with Crippen LogP contribution in [0.1, 0.15) is 55.1 Å². The molecule has 3 atom stereocenters. The monoisotopic (exact) mass is 658 g/mol. The van der Waals surface area contributed by atoms with Crippen LogP contribution in [0, 0.1) is 0 Å². The third kappa shape index (κ3) is 6.72. The zero-order valence-electron chi connectivity index (χ0n) is 22.6. The summed E-state index contributed by atoms with van der Waals surface area (Å²) in [5.74, 6) is -0.800. The second kappa shape index (κ2) is 11.7. The first kappa shape index (κ1) is 30.9. The lowest BCUT2D eigenvalue weighted by atomic mass is 9.80. The summed E-state index contributed by atoms with van der Waals surface area (Å²) < 4.78 is 72.4. The molecule has 2 heterocycles. The highest BCUT2D eigenvalue weighted by atomic mass is 79.9. The van der Waals surface area contributed by atoms with E-state index in [2.05, 4.69) is 31.3 Å². The van der Waals surface area contributed by atoms with Gasteiger partial charge in [0.05, 0.1) is 35.6 Å². The number of nitrogens with two attached hydrogens (primary N) is 1. The molecule has 0 saturated heterocycles. The average Bonchev–Trinajstić information content (AvgIpc) is 3.35. The van der Waals surface area contributed by atoms with Crippen LogP contribution in [0.5, 0.6) is 0 Å². The number of carbonyl (C=O) groups is 1. The summed E-state index contributed by atoms with van der Waals surface area (Å²) in [5.41, 5.74) is 5.51. The van der Waals surface area contributed by atoms with E-state index in [9.17, 15) is 26.4 Å². The van der Waals surface area contributed by atoms with Gasteiger partial charge in [-0.2, -0.15) is 18.0 Å². The van der Waals surface area contributed by atoms with Crippen LogP contribution in [0.25, 0.3) is 0 Å². The maximum atomic E-state index is 13.7. The number of alkyl halides is 3. The number of amides is 1. The van der Waals surface area contributed by atoms with E-state index in [-0.39, 0.29) is 49.5 Å². The van der Waals surface area contributed by atoms with Gasteiger partial charge in [-0.1, -0.05) is 35.0 Å². The van der Waals surface area contributed by atoms with Gasteiger partial charge in [0, 0.05) is 10.7 Å². The quantitative estimate of drug-likeness (QED) is 0.369. The molecule has 1 unspecified atom stereocenters. The SMILES string of the molecule is CCOC(=O)N1c2ccc(C(F)(F)F)cc2[C@@H](c2nnn(CC(Cc3cccc(Br)c3)S(C)(=O)=O)n2)C[C@@]1(N)CC. The van der Waals surface area contributed by atoms with Crippen LogP contribution < -0.4 is 10.6 Å². The van der Waals surface area contributed by atoms with Crippen molar-refractivity contribution in [2.45, 2.75) is 62.7 Å². The maximum absolute atomic E-state index is 13.7. The van der Waals surface area contributed by atoms with Crippen molar-refractivity contribution in [1.82, 2.24) is 20.2 Å². The van der Waals surface area contributed by atoms with Crippen LogP contribution >= 0.6 is 15.9 Å². The second-order valence-electron chi connectivity index (χ2n) is 10.0. The van der Waals surface area contributed by atoms with Crippen LogP contribution in [0.15, 0.2) is 46.9 Å². The molecule has 1 amide bonds. The van der Waals surface area contributed by atoms with Crippen molar-refractivity contribution in [3.63, 3.8) is 0 Å². The number of benzene rings is 2. The van der Waals surface area contributed by atoms with Gasteiger partial charge in [-0.3, -0.25) is 4.90 Å². The first-order valence-electron chi connectivity index (χ1n) is 12.8. The Morgan fingerprint density at radius 3 is 2.59 bits per heavy atom. The lowest BCUT2D eigenvalue weighted by molar-refractivity contribution is -0.137. The number of carbonyl (C=O) groups excluding carboxylic acids is 1. The van der Waals surface area contributed by atoms with Crippen LogP contribution in [0.4, 0.5) is 23.7 Å². The summed E-state index contributed by atoms with van der Waals surface area (Å²) in [7, 11) is -3.55. The molecule has 4 rings (SSSR count). The summed E-state index contributed by atoms with van der Waals surface area (Å²) in [6.45, 7) is 3.29. The Labute approximate surface area is 244 Å². The molecule has 0 fully saturated rings. The number of nitrogens with zero attached hydrogens (tertiary/aromatic N) is 5. The van der Waals surface area contributed by atoms with E-state index in [1.165, 1.54) is 11.0 Å². The topological polar surface area (TPSA) is 133 Å². The van der Waals surface area contributed by atoms with E-state index in [0.29, 0.717) is 0 Å². The van der Waals surface area contributed by atoms with E-state index in [4.69, 9.17) is 10.5 Å². The first-order chi connectivity index (χ1) is 19.2. The molecule has 2 N–H and O–H groups in total. The van der Waals surface area contributed by atoms with Crippen LogP contribution in [-0.4, -0.2) is 58.5 Å². The minimum absolute atomic E-state index is 0.0180. The van der Waals surface area contributed by atoms with E-state index in [1.807, 2.05) is 12.1 Å². The molecule has 0 aliphatic carbocycles. The molecule has 0 bridgehead atoms. The fourth-order valence-corrected chi connectivity index (χ4v) is 6.29. The fourth-order valence-electron chi connectivity index (χ4n) is 4.94. The highest BCUT2D eigenvalue weighted by Crippen LogP contribution is 2.47. The average molecular weight is 660 g/mol. The smallest absolute Gasteiger partial charge is 0.416 e. The van der Waals surface area contributed by atoms with Gasteiger partial charge in [0.1, 0.15) is 5.66 Å². The summed E-state index contributed by atoms with van der Waals surface area (Å²) in [6.07, 6.45) is -3.88. The normalized spacial score (nSPS) is 20.0. The minimum Gasteiger partial charge on any atom is -0.449 e. The van der Waals surface area contributed by atoms with Crippen molar-refractivity contribution in [2.75, 3.05) is 17.8 Å². The molecule has 3 aromatic rings. The standard InChI is InChI=1S/C26H30BrF3N6O4S/c1-4-25(31)14-21(20-13-17(26(28,29)30)9-10-22(20)36(25)24(37)40-5-2)23-32-34-35(33-23)15-19(41(3,38)39)12-16-7-6-8-18(27)11-16/h6-11,13,19,21H,4-5,12,14-15,31H2,1-3H3/t19?,21-,25+/m0/s1. The zero-order chi connectivity index (χ0) is 30.2. The van der Waals surface area contributed by atoms with Crippen molar-refractivity contribution < 1.29 is 31.1 Å². The Bertz CT molecular complexity index is 1530. The number of aromatic nitrogens is 4. The maximum Gasteiger partial charge on any atom is 0.416 e. The predicted octanol–water partition coefficient (Wildman–Crippen LogP) is 4.67. The molecular weight excluding hydrogens is 629 g/mol. The summed E-state index contributed by atoms with van der Waals surface area (Å²) >= 11 is 3.38. The van der Waals surface area contributed by atoms with Gasteiger partial charge in [0.15, 0.2) is 15.7 Å². The Hall–Kier alpha value is -3.04. The summed E-state index contributed by atoms with van der Waals surface area (Å²) in [5, 5.41) is 11.6. The van der Waals surface area contributed by atoms with Crippen molar-refractivity contribution in [2.24, 2.45) is 5.73 Å². The number of hydrogen-bond acceptors (Lipinski definition) is 8. The molecule has 10 nitrogen and oxygen atoms in total. The van der Waals surface area contributed by atoms with Crippen LogP contribution in [0.2, 0.25) is 0 Å². The molecule has 1 aliphatic rings. The molecule has 1 aliphatic heterocycles. The number of hydrogen-bond donors (Lipinski definition) is 1. The minimum atomic E-state index is -4.64. The number of tetrazole rings is 1. The Morgan fingerprint density at radius 1 is 1.24 bits per heavy atom. The van der Waals surface area contributed by atoms with Gasteiger partial charge in [0.2, 0.25) is 0 Å². The molecule has 0 saturated carbocycles. The Morgan fingerprint density at radius 2 is 1.98 bits per heavy atom. The van der Waals surface area contributed by atoms with Gasteiger partial charge in [-0.15, -0.1) is 10.2 Å². The molecule has 41 heavy (non-hydrogen) atoms. The zero-order valence-corrected chi connectivity index (χ0v) is 25.0. The number of halogens is 4. The van der Waals surface area contributed by atoms with Crippen molar-refractivity contribution in [1.29, 1.82) is 0 Å². The lowest BCUT2D eigenvalue weighted by Gasteiger charge is -2.46. The highest BCUT2D eigenvalue weighted by molar-refractivity contribution is 9.10. The number of anilines is 1. The third-order valence-corrected chi connectivity index (χ3v) is 9.16. The van der Waals surface area contributed by atoms with Gasteiger partial charge in [-0.25, -0.2) is 13.2 Å². The van der Waals surface area contributed by atoms with Crippen molar-refractivity contribution in [3.8, 4) is 0 Å². The molecule has 0 radical (unpaired) electrons. The first-order valence-corrected chi connectivity index (χ1v) is 15.6. The summed E-state index contributed by atoms with van der Waals surface area (Å²) in [4.78, 5) is 15.3. The van der Waals surface area contributed by atoms with E-state index >= 15 is 0 Å². The van der Waals surface area contributed by atoms with Gasteiger partial charge >= 0.3 is 12.3 Å². The molecule has 0 spiro atoms. The molecule has 222 valence electrons. The largest absolute Gasteiger partial charge is 0.449 e. The second-order valence-corrected chi connectivity index (χ2v) is 13.2. The third-order valence-electron chi connectivity index (χ3n) is 7.14. The number of sulfone groups is 1. The lowest BCUT2D eigenvalue weighted by Crippen LogP contribution is -2.61. The van der Waals surface area contributed by atoms with Crippen molar-refractivity contribution in [3.05, 3.63) is 69.5 Å². The highest BCUT2D eigenvalue weighted by Gasteiger charge is 2.47. The Balaban J connectivity index is 1.74. The van der Waals surface area contributed by atoms with E-state index in [0.717, 1.165) is 33.2 Å². The van der Waals surface area contributed by atoms with E-state index in [1.54, 1.807) is 26.0 Å².